The molecule has 4 nitrogen and oxygen atoms in total. The van der Waals surface area contributed by atoms with Gasteiger partial charge in [0.15, 0.2) is 5.76 Å². The number of carbonyl (C=O) groups is 1. The maximum Gasteiger partial charge on any atom is 0.202 e. The van der Waals surface area contributed by atoms with Crippen LogP contribution in [0.2, 0.25) is 0 Å². The smallest absolute Gasteiger partial charge is 0.202 e. The summed E-state index contributed by atoms with van der Waals surface area (Å²) in [6, 6.07) is 3.80. The van der Waals surface area contributed by atoms with Gasteiger partial charge < -0.3 is 14.5 Å². The van der Waals surface area contributed by atoms with Gasteiger partial charge in [0.2, 0.25) is 5.78 Å². The van der Waals surface area contributed by atoms with E-state index in [4.69, 9.17) is 9.15 Å². The minimum atomic E-state index is -0.131. The van der Waals surface area contributed by atoms with Gasteiger partial charge in [-0.25, -0.2) is 0 Å². The number of Topliss-reactive ketones (excluding diaryl/α,β-unsaturated/α-hetero) is 1. The molecule has 2 rings (SSSR count). The average Bonchev–Trinajstić information content (AvgIpc) is 2.80. The van der Waals surface area contributed by atoms with E-state index in [-0.39, 0.29) is 17.7 Å². The summed E-state index contributed by atoms with van der Waals surface area (Å²) in [5.74, 6) is 0.321. The Morgan fingerprint density at radius 3 is 3.00 bits per heavy atom. The quantitative estimate of drug-likeness (QED) is 0.788. The molecule has 1 saturated heterocycles. The van der Waals surface area contributed by atoms with E-state index in [9.17, 15) is 4.79 Å². The van der Waals surface area contributed by atoms with E-state index in [1.54, 1.807) is 12.1 Å². The van der Waals surface area contributed by atoms with Crippen molar-refractivity contribution in [2.24, 2.45) is 5.92 Å². The number of morpholine rings is 1. The first-order valence-corrected chi connectivity index (χ1v) is 5.60. The van der Waals surface area contributed by atoms with Crippen molar-refractivity contribution in [1.82, 2.24) is 5.32 Å². The molecule has 0 radical (unpaired) electrons. The number of ketones is 1. The molecular weight excluding hydrogens is 206 g/mol. The second-order valence-corrected chi connectivity index (χ2v) is 4.34. The van der Waals surface area contributed by atoms with Gasteiger partial charge in [-0.2, -0.15) is 0 Å². The van der Waals surface area contributed by atoms with Gasteiger partial charge in [0.1, 0.15) is 0 Å². The Labute approximate surface area is 95.0 Å². The molecule has 3 atom stereocenters. The molecule has 1 aromatic heterocycles. The van der Waals surface area contributed by atoms with Crippen molar-refractivity contribution in [3.8, 4) is 0 Å². The van der Waals surface area contributed by atoms with Gasteiger partial charge in [-0.15, -0.1) is 0 Å². The molecule has 0 amide bonds. The predicted molar refractivity (Wildman–Crippen MR) is 59.4 cm³/mol. The molecular formula is C12H17NO3. The number of ether oxygens (including phenoxy) is 1. The summed E-state index contributed by atoms with van der Waals surface area (Å²) < 4.78 is 10.6. The fourth-order valence-corrected chi connectivity index (χ4v) is 1.95. The number of rotatable bonds is 3. The highest BCUT2D eigenvalue weighted by molar-refractivity contribution is 5.95. The third-order valence-corrected chi connectivity index (χ3v) is 2.94. The first-order chi connectivity index (χ1) is 7.68. The van der Waals surface area contributed by atoms with Crippen molar-refractivity contribution in [2.45, 2.75) is 25.9 Å². The molecule has 1 aliphatic heterocycles. The summed E-state index contributed by atoms with van der Waals surface area (Å²) >= 11 is 0. The Balaban J connectivity index is 2.01. The van der Waals surface area contributed by atoms with Crippen LogP contribution in [0.4, 0.5) is 0 Å². The number of nitrogens with one attached hydrogen (secondary N) is 1. The minimum absolute atomic E-state index is 0.0280. The van der Waals surface area contributed by atoms with Crippen LogP contribution in [-0.4, -0.2) is 31.1 Å². The molecule has 3 unspecified atom stereocenters. The molecule has 1 fully saturated rings. The van der Waals surface area contributed by atoms with Crippen LogP contribution in [0.5, 0.6) is 0 Å². The van der Waals surface area contributed by atoms with Crippen molar-refractivity contribution in [3.05, 3.63) is 24.2 Å². The van der Waals surface area contributed by atoms with Crippen molar-refractivity contribution in [1.29, 1.82) is 0 Å². The molecule has 0 aliphatic carbocycles. The molecule has 0 spiro atoms. The van der Waals surface area contributed by atoms with E-state index >= 15 is 0 Å². The van der Waals surface area contributed by atoms with Crippen molar-refractivity contribution >= 4 is 5.78 Å². The standard InChI is InChI=1S/C12H17NO3/c1-8-6-15-7-10(13-8)9(2)12(14)11-4-3-5-16-11/h3-5,8-10,13H,6-7H2,1-2H3. The van der Waals surface area contributed by atoms with Gasteiger partial charge in [0, 0.05) is 18.0 Å². The third kappa shape index (κ3) is 2.33. The highest BCUT2D eigenvalue weighted by atomic mass is 16.5. The van der Waals surface area contributed by atoms with Crippen LogP contribution in [0, 0.1) is 5.92 Å². The molecule has 0 saturated carbocycles. The van der Waals surface area contributed by atoms with Crippen LogP contribution in [0.15, 0.2) is 22.8 Å². The van der Waals surface area contributed by atoms with Crippen molar-refractivity contribution < 1.29 is 13.9 Å². The van der Waals surface area contributed by atoms with E-state index < -0.39 is 0 Å². The molecule has 0 aromatic carbocycles. The lowest BCUT2D eigenvalue weighted by Crippen LogP contribution is -2.51. The molecule has 0 bridgehead atoms. The molecule has 1 aliphatic rings. The lowest BCUT2D eigenvalue weighted by atomic mass is 9.94. The second-order valence-electron chi connectivity index (χ2n) is 4.34. The summed E-state index contributed by atoms with van der Waals surface area (Å²) in [4.78, 5) is 12.0. The summed E-state index contributed by atoms with van der Waals surface area (Å²) in [5, 5.41) is 3.37. The van der Waals surface area contributed by atoms with E-state index in [0.29, 0.717) is 25.0 Å². The minimum Gasteiger partial charge on any atom is -0.461 e. The number of furan rings is 1. The Bertz CT molecular complexity index is 347. The fraction of sp³-hybridized carbons (Fsp3) is 0.583. The summed E-state index contributed by atoms with van der Waals surface area (Å²) in [7, 11) is 0. The number of hydrogen-bond acceptors (Lipinski definition) is 4. The maximum atomic E-state index is 12.0. The predicted octanol–water partition coefficient (Wildman–Crippen LogP) is 1.48. The van der Waals surface area contributed by atoms with Gasteiger partial charge in [-0.05, 0) is 19.1 Å². The largest absolute Gasteiger partial charge is 0.461 e. The summed E-state index contributed by atoms with van der Waals surface area (Å²) in [6.45, 7) is 5.25. The highest BCUT2D eigenvalue weighted by Crippen LogP contribution is 2.15. The summed E-state index contributed by atoms with van der Waals surface area (Å²) in [6.07, 6.45) is 1.52. The van der Waals surface area contributed by atoms with Crippen LogP contribution >= 0.6 is 0 Å². The zero-order valence-electron chi connectivity index (χ0n) is 9.60. The second kappa shape index (κ2) is 4.80. The SMILES string of the molecule is CC1COCC(C(C)C(=O)c2ccco2)N1. The number of carbonyl (C=O) groups excluding carboxylic acids is 1. The van der Waals surface area contributed by atoms with Crippen LogP contribution < -0.4 is 5.32 Å². The molecule has 4 heteroatoms. The van der Waals surface area contributed by atoms with Crippen LogP contribution in [0.1, 0.15) is 24.4 Å². The third-order valence-electron chi connectivity index (χ3n) is 2.94. The van der Waals surface area contributed by atoms with E-state index in [2.05, 4.69) is 12.2 Å². The van der Waals surface area contributed by atoms with Crippen LogP contribution in [0.3, 0.4) is 0 Å². The Hall–Kier alpha value is -1.13. The maximum absolute atomic E-state index is 12.0. The van der Waals surface area contributed by atoms with Gasteiger partial charge in [0.05, 0.1) is 19.5 Å². The monoisotopic (exact) mass is 223 g/mol. The topological polar surface area (TPSA) is 51.5 Å². The Kier molecular flexibility index (Phi) is 3.41. The van der Waals surface area contributed by atoms with Crippen molar-refractivity contribution in [3.63, 3.8) is 0 Å². The lowest BCUT2D eigenvalue weighted by Gasteiger charge is -2.32. The molecule has 88 valence electrons. The lowest BCUT2D eigenvalue weighted by molar-refractivity contribution is 0.0324. The van der Waals surface area contributed by atoms with Gasteiger partial charge >= 0.3 is 0 Å². The summed E-state index contributed by atoms with van der Waals surface area (Å²) in [5.41, 5.74) is 0. The molecule has 2 heterocycles. The van der Waals surface area contributed by atoms with Gasteiger partial charge in [-0.3, -0.25) is 4.79 Å². The zero-order valence-corrected chi connectivity index (χ0v) is 9.60. The first-order valence-electron chi connectivity index (χ1n) is 5.60. The first kappa shape index (κ1) is 11.4. The Morgan fingerprint density at radius 1 is 1.56 bits per heavy atom. The van der Waals surface area contributed by atoms with Gasteiger partial charge in [-0.1, -0.05) is 6.92 Å². The van der Waals surface area contributed by atoms with E-state index in [1.165, 1.54) is 6.26 Å². The van der Waals surface area contributed by atoms with Gasteiger partial charge in [0.25, 0.3) is 0 Å². The van der Waals surface area contributed by atoms with E-state index in [0.717, 1.165) is 0 Å². The molecule has 1 aromatic rings. The normalized spacial score (nSPS) is 27.6. The highest BCUT2D eigenvalue weighted by Gasteiger charge is 2.29. The molecule has 1 N–H and O–H groups in total. The average molecular weight is 223 g/mol. The number of hydrogen-bond donors (Lipinski definition) is 1. The van der Waals surface area contributed by atoms with Crippen LogP contribution in [0.25, 0.3) is 0 Å². The molecule has 16 heavy (non-hydrogen) atoms. The van der Waals surface area contributed by atoms with Crippen molar-refractivity contribution in [2.75, 3.05) is 13.2 Å². The Morgan fingerprint density at radius 2 is 2.38 bits per heavy atom. The van der Waals surface area contributed by atoms with Crippen LogP contribution in [-0.2, 0) is 4.74 Å². The van der Waals surface area contributed by atoms with E-state index in [1.807, 2.05) is 6.92 Å². The zero-order chi connectivity index (χ0) is 11.5. The fourth-order valence-electron chi connectivity index (χ4n) is 1.95.